The van der Waals surface area contributed by atoms with E-state index in [4.69, 9.17) is 18.9 Å². The zero-order valence-electron chi connectivity index (χ0n) is 18.6. The van der Waals surface area contributed by atoms with Gasteiger partial charge in [-0.1, -0.05) is 0 Å². The molecule has 1 atom stereocenters. The standard InChI is InChI=1S/C22H28N2O7S/c1-28-18-9-7-16(12-20(18)30-3)23-22(25)15-6-5-11-24(14-15)32(26,27)17-8-10-19(29-2)21(13-17)31-4/h7-10,12-13,15H,5-6,11,14H2,1-4H3,(H,23,25)/t15-/m1/s1. The number of carbonyl (C=O) groups is 1. The van der Waals surface area contributed by atoms with E-state index < -0.39 is 15.9 Å². The van der Waals surface area contributed by atoms with Crippen LogP contribution < -0.4 is 24.3 Å². The Morgan fingerprint density at radius 1 is 0.906 bits per heavy atom. The number of nitrogens with zero attached hydrogens (tertiary/aromatic N) is 1. The fourth-order valence-electron chi connectivity index (χ4n) is 3.66. The molecule has 9 nitrogen and oxygen atoms in total. The van der Waals surface area contributed by atoms with Gasteiger partial charge in [-0.15, -0.1) is 0 Å². The molecule has 0 radical (unpaired) electrons. The second-order valence-electron chi connectivity index (χ2n) is 7.28. The molecule has 2 aromatic carbocycles. The lowest BCUT2D eigenvalue weighted by atomic mass is 9.98. The van der Waals surface area contributed by atoms with Crippen LogP contribution in [0.4, 0.5) is 5.69 Å². The van der Waals surface area contributed by atoms with Crippen molar-refractivity contribution in [3.05, 3.63) is 36.4 Å². The summed E-state index contributed by atoms with van der Waals surface area (Å²) in [6.45, 7) is 0.437. The van der Waals surface area contributed by atoms with Crippen LogP contribution in [0.5, 0.6) is 23.0 Å². The number of rotatable bonds is 8. The molecule has 3 rings (SSSR count). The minimum atomic E-state index is -3.80. The van der Waals surface area contributed by atoms with E-state index in [1.165, 1.54) is 44.9 Å². The zero-order chi connectivity index (χ0) is 23.3. The van der Waals surface area contributed by atoms with Gasteiger partial charge in [0.15, 0.2) is 23.0 Å². The minimum Gasteiger partial charge on any atom is -0.493 e. The average Bonchev–Trinajstić information content (AvgIpc) is 2.83. The third kappa shape index (κ3) is 4.91. The number of carbonyl (C=O) groups excluding carboxylic acids is 1. The van der Waals surface area contributed by atoms with Crippen LogP contribution in [0.2, 0.25) is 0 Å². The molecular weight excluding hydrogens is 436 g/mol. The Morgan fingerprint density at radius 2 is 1.50 bits per heavy atom. The van der Waals surface area contributed by atoms with Crippen molar-refractivity contribution in [2.75, 3.05) is 46.8 Å². The molecule has 2 aromatic rings. The molecule has 0 saturated carbocycles. The second kappa shape index (κ2) is 10.1. The first kappa shape index (κ1) is 23.7. The molecule has 1 N–H and O–H groups in total. The Morgan fingerprint density at radius 3 is 2.12 bits per heavy atom. The number of hydrogen-bond acceptors (Lipinski definition) is 7. The highest BCUT2D eigenvalue weighted by molar-refractivity contribution is 7.89. The number of piperidine rings is 1. The Balaban J connectivity index is 1.75. The molecule has 0 unspecified atom stereocenters. The van der Waals surface area contributed by atoms with Crippen molar-refractivity contribution < 1.29 is 32.2 Å². The number of sulfonamides is 1. The van der Waals surface area contributed by atoms with E-state index in [0.717, 1.165) is 0 Å². The van der Waals surface area contributed by atoms with Gasteiger partial charge in [0.05, 0.1) is 39.3 Å². The van der Waals surface area contributed by atoms with Crippen LogP contribution in [-0.4, -0.2) is 60.2 Å². The fourth-order valence-corrected chi connectivity index (χ4v) is 5.20. The molecule has 0 aromatic heterocycles. The van der Waals surface area contributed by atoms with Gasteiger partial charge in [0.1, 0.15) is 0 Å². The van der Waals surface area contributed by atoms with Crippen molar-refractivity contribution in [1.82, 2.24) is 4.31 Å². The first-order valence-electron chi connectivity index (χ1n) is 10.1. The molecule has 1 fully saturated rings. The first-order valence-corrected chi connectivity index (χ1v) is 11.5. The summed E-state index contributed by atoms with van der Waals surface area (Å²) >= 11 is 0. The summed E-state index contributed by atoms with van der Waals surface area (Å²) in [5, 5.41) is 2.85. The lowest BCUT2D eigenvalue weighted by Gasteiger charge is -2.31. The Hall–Kier alpha value is -2.98. The highest BCUT2D eigenvalue weighted by Crippen LogP contribution is 2.33. The van der Waals surface area contributed by atoms with Crippen LogP contribution in [0.1, 0.15) is 12.8 Å². The Labute approximate surface area is 188 Å². The van der Waals surface area contributed by atoms with E-state index in [1.807, 2.05) is 0 Å². The third-order valence-corrected chi connectivity index (χ3v) is 7.26. The van der Waals surface area contributed by atoms with Crippen molar-refractivity contribution in [1.29, 1.82) is 0 Å². The molecule has 10 heteroatoms. The van der Waals surface area contributed by atoms with Gasteiger partial charge in [0.2, 0.25) is 15.9 Å². The molecule has 174 valence electrons. The molecular formula is C22H28N2O7S. The summed E-state index contributed by atoms with van der Waals surface area (Å²) in [6, 6.07) is 9.53. The maximum atomic E-state index is 13.2. The van der Waals surface area contributed by atoms with E-state index in [9.17, 15) is 13.2 Å². The van der Waals surface area contributed by atoms with E-state index in [1.54, 1.807) is 24.3 Å². The van der Waals surface area contributed by atoms with E-state index in [0.29, 0.717) is 48.1 Å². The summed E-state index contributed by atoms with van der Waals surface area (Å²) in [4.78, 5) is 13.0. The first-order chi connectivity index (χ1) is 15.3. The maximum absolute atomic E-state index is 13.2. The molecule has 0 spiro atoms. The highest BCUT2D eigenvalue weighted by atomic mass is 32.2. The van der Waals surface area contributed by atoms with Gasteiger partial charge in [-0.25, -0.2) is 8.42 Å². The lowest BCUT2D eigenvalue weighted by molar-refractivity contribution is -0.120. The molecule has 1 aliphatic heterocycles. The fraction of sp³-hybridized carbons (Fsp3) is 0.409. The van der Waals surface area contributed by atoms with E-state index in [2.05, 4.69) is 5.32 Å². The van der Waals surface area contributed by atoms with Crippen LogP contribution in [0.25, 0.3) is 0 Å². The number of ether oxygens (including phenoxy) is 4. The predicted octanol–water partition coefficient (Wildman–Crippen LogP) is 2.76. The second-order valence-corrected chi connectivity index (χ2v) is 9.22. The topological polar surface area (TPSA) is 103 Å². The van der Waals surface area contributed by atoms with Gasteiger partial charge in [0.25, 0.3) is 0 Å². The van der Waals surface area contributed by atoms with Gasteiger partial charge in [0, 0.05) is 30.9 Å². The quantitative estimate of drug-likeness (QED) is 0.641. The van der Waals surface area contributed by atoms with Gasteiger partial charge >= 0.3 is 0 Å². The summed E-state index contributed by atoms with van der Waals surface area (Å²) in [5.41, 5.74) is 0.549. The SMILES string of the molecule is COc1ccc(NC(=O)[C@@H]2CCCN(S(=O)(=O)c3ccc(OC)c(OC)c3)C2)cc1OC. The normalized spacial score (nSPS) is 16.8. The molecule has 32 heavy (non-hydrogen) atoms. The summed E-state index contributed by atoms with van der Waals surface area (Å²) in [5.74, 6) is 1.09. The smallest absolute Gasteiger partial charge is 0.243 e. The zero-order valence-corrected chi connectivity index (χ0v) is 19.4. The van der Waals surface area contributed by atoms with Crippen molar-refractivity contribution in [3.8, 4) is 23.0 Å². The Kier molecular flexibility index (Phi) is 7.47. The highest BCUT2D eigenvalue weighted by Gasteiger charge is 2.34. The van der Waals surface area contributed by atoms with Crippen molar-refractivity contribution in [2.24, 2.45) is 5.92 Å². The van der Waals surface area contributed by atoms with Gasteiger partial charge in [-0.3, -0.25) is 4.79 Å². The summed E-state index contributed by atoms with van der Waals surface area (Å²) in [6.07, 6.45) is 1.17. The number of hydrogen-bond donors (Lipinski definition) is 1. The monoisotopic (exact) mass is 464 g/mol. The Bertz CT molecular complexity index is 1070. The largest absolute Gasteiger partial charge is 0.493 e. The molecule has 1 aliphatic rings. The number of anilines is 1. The van der Waals surface area contributed by atoms with Crippen LogP contribution in [-0.2, 0) is 14.8 Å². The van der Waals surface area contributed by atoms with Crippen molar-refractivity contribution in [2.45, 2.75) is 17.7 Å². The molecule has 1 saturated heterocycles. The average molecular weight is 465 g/mol. The van der Waals surface area contributed by atoms with Crippen LogP contribution >= 0.6 is 0 Å². The maximum Gasteiger partial charge on any atom is 0.243 e. The molecule has 1 amide bonds. The predicted molar refractivity (Wildman–Crippen MR) is 119 cm³/mol. The summed E-state index contributed by atoms with van der Waals surface area (Å²) in [7, 11) is 2.18. The number of nitrogens with one attached hydrogen (secondary N) is 1. The van der Waals surface area contributed by atoms with Gasteiger partial charge in [-0.05, 0) is 37.1 Å². The van der Waals surface area contributed by atoms with Gasteiger partial charge in [-0.2, -0.15) is 4.31 Å². The van der Waals surface area contributed by atoms with E-state index in [-0.39, 0.29) is 17.3 Å². The minimum absolute atomic E-state index is 0.0931. The molecule has 1 heterocycles. The number of methoxy groups -OCH3 is 4. The van der Waals surface area contributed by atoms with Crippen molar-refractivity contribution >= 4 is 21.6 Å². The van der Waals surface area contributed by atoms with Gasteiger partial charge < -0.3 is 24.3 Å². The number of benzene rings is 2. The molecule has 0 bridgehead atoms. The molecule has 0 aliphatic carbocycles. The lowest BCUT2D eigenvalue weighted by Crippen LogP contribution is -2.43. The van der Waals surface area contributed by atoms with Crippen LogP contribution in [0, 0.1) is 5.92 Å². The van der Waals surface area contributed by atoms with Crippen LogP contribution in [0.15, 0.2) is 41.3 Å². The van der Waals surface area contributed by atoms with E-state index >= 15 is 0 Å². The van der Waals surface area contributed by atoms with Crippen molar-refractivity contribution in [3.63, 3.8) is 0 Å². The summed E-state index contributed by atoms with van der Waals surface area (Å²) < 4.78 is 48.6. The number of amides is 1. The third-order valence-electron chi connectivity index (χ3n) is 5.40. The van der Waals surface area contributed by atoms with Crippen LogP contribution in [0.3, 0.4) is 0 Å².